The molecule has 1 saturated heterocycles. The van der Waals surface area contributed by atoms with Gasteiger partial charge in [0.05, 0.1) is 18.1 Å². The number of ether oxygens (including phenoxy) is 1. The molecule has 1 atom stereocenters. The Morgan fingerprint density at radius 2 is 1.95 bits per heavy atom. The van der Waals surface area contributed by atoms with E-state index in [9.17, 15) is 18.0 Å². The Morgan fingerprint density at radius 1 is 1.13 bits per heavy atom. The monoisotopic (exact) mass is 573 g/mol. The van der Waals surface area contributed by atoms with Crippen LogP contribution < -0.4 is 5.32 Å². The van der Waals surface area contributed by atoms with Crippen molar-refractivity contribution in [1.82, 2.24) is 9.21 Å². The van der Waals surface area contributed by atoms with E-state index in [1.165, 1.54) is 32.5 Å². The zero-order valence-corrected chi connectivity index (χ0v) is 23.7. The lowest BCUT2D eigenvalue weighted by molar-refractivity contribution is -0.120. The summed E-state index contributed by atoms with van der Waals surface area (Å²) in [4.78, 5) is 29.8. The second-order valence-corrected chi connectivity index (χ2v) is 13.7. The number of nitrogens with one attached hydrogen (secondary N) is 1. The Morgan fingerprint density at radius 3 is 2.68 bits per heavy atom. The Bertz CT molecular complexity index is 1390. The van der Waals surface area contributed by atoms with Crippen molar-refractivity contribution in [3.63, 3.8) is 0 Å². The number of sulfonamides is 1. The van der Waals surface area contributed by atoms with Crippen LogP contribution in [0.1, 0.15) is 46.1 Å². The van der Waals surface area contributed by atoms with Gasteiger partial charge in [0.25, 0.3) is 10.0 Å². The summed E-state index contributed by atoms with van der Waals surface area (Å²) in [5.41, 5.74) is 2.61. The predicted molar refractivity (Wildman–Crippen MR) is 149 cm³/mol. The molecular weight excluding hydrogens is 543 g/mol. The molecule has 1 amide bonds. The third-order valence-electron chi connectivity index (χ3n) is 6.95. The van der Waals surface area contributed by atoms with Gasteiger partial charge in [-0.15, -0.1) is 22.7 Å². The van der Waals surface area contributed by atoms with Crippen molar-refractivity contribution in [2.75, 3.05) is 31.6 Å². The van der Waals surface area contributed by atoms with E-state index in [1.807, 2.05) is 18.2 Å². The highest BCUT2D eigenvalue weighted by molar-refractivity contribution is 7.91. The summed E-state index contributed by atoms with van der Waals surface area (Å²) in [5, 5.41) is 5.22. The van der Waals surface area contributed by atoms with E-state index in [0.29, 0.717) is 42.9 Å². The predicted octanol–water partition coefficient (Wildman–Crippen LogP) is 4.58. The van der Waals surface area contributed by atoms with E-state index in [1.54, 1.807) is 24.4 Å². The number of fused-ring (bicyclic) bond motifs is 1. The number of carbonyl (C=O) groups excluding carboxylic acids is 2. The minimum atomic E-state index is -3.63. The van der Waals surface area contributed by atoms with Crippen LogP contribution in [0.25, 0.3) is 0 Å². The van der Waals surface area contributed by atoms with Crippen molar-refractivity contribution in [2.45, 2.75) is 43.5 Å². The molecular formula is C27H31N3O5S3. The average molecular weight is 574 g/mol. The molecule has 0 bridgehead atoms. The molecule has 1 unspecified atom stereocenters. The Labute approximate surface area is 231 Å². The smallest absolute Gasteiger partial charge is 0.341 e. The Balaban J connectivity index is 1.34. The Kier molecular flexibility index (Phi) is 8.29. The minimum absolute atomic E-state index is 0.122. The number of nitrogens with zero attached hydrogens (tertiary/aromatic N) is 2. The first-order valence-electron chi connectivity index (χ1n) is 12.8. The van der Waals surface area contributed by atoms with Gasteiger partial charge in [-0.2, -0.15) is 4.31 Å². The molecule has 8 nitrogen and oxygen atoms in total. The summed E-state index contributed by atoms with van der Waals surface area (Å²) in [7, 11) is -3.63. The maximum Gasteiger partial charge on any atom is 0.341 e. The normalized spacial score (nSPS) is 18.6. The number of piperidine rings is 1. The molecule has 202 valence electrons. The standard InChI is InChI=1S/C27H31N3O5S3/c1-2-35-27(32)24-21-12-14-29(16-19-8-4-3-5-9-19)18-22(21)37-26(24)28-25(31)20-10-6-13-30(17-20)38(33,34)23-11-7-15-36-23/h3-5,7-9,11,15,20H,2,6,10,12-14,16-18H2,1H3,(H,28,31). The van der Waals surface area contributed by atoms with Crippen molar-refractivity contribution in [2.24, 2.45) is 5.92 Å². The lowest BCUT2D eigenvalue weighted by Gasteiger charge is -2.30. The number of carbonyl (C=O) groups is 2. The summed E-state index contributed by atoms with van der Waals surface area (Å²) in [6.07, 6.45) is 1.88. The van der Waals surface area contributed by atoms with Gasteiger partial charge in [0.15, 0.2) is 0 Å². The van der Waals surface area contributed by atoms with Gasteiger partial charge in [-0.3, -0.25) is 9.69 Å². The van der Waals surface area contributed by atoms with Gasteiger partial charge in [0.1, 0.15) is 9.21 Å². The molecule has 0 saturated carbocycles. The van der Waals surface area contributed by atoms with Gasteiger partial charge < -0.3 is 10.1 Å². The van der Waals surface area contributed by atoms with Crippen LogP contribution in [0.2, 0.25) is 0 Å². The van der Waals surface area contributed by atoms with E-state index in [0.717, 1.165) is 23.5 Å². The number of anilines is 1. The van der Waals surface area contributed by atoms with Crippen molar-refractivity contribution in [3.05, 3.63) is 69.4 Å². The van der Waals surface area contributed by atoms with E-state index < -0.39 is 21.9 Å². The van der Waals surface area contributed by atoms with Crippen LogP contribution in [-0.4, -0.2) is 55.7 Å². The van der Waals surface area contributed by atoms with E-state index in [4.69, 9.17) is 4.74 Å². The van der Waals surface area contributed by atoms with Crippen LogP contribution >= 0.6 is 22.7 Å². The number of hydrogen-bond donors (Lipinski definition) is 1. The summed E-state index contributed by atoms with van der Waals surface area (Å²) in [6, 6.07) is 13.6. The largest absolute Gasteiger partial charge is 0.462 e. The number of hydrogen-bond acceptors (Lipinski definition) is 8. The van der Waals surface area contributed by atoms with E-state index in [2.05, 4.69) is 22.3 Å². The molecule has 0 aliphatic carbocycles. The molecule has 2 aliphatic heterocycles. The van der Waals surface area contributed by atoms with Crippen LogP contribution in [0.4, 0.5) is 5.00 Å². The van der Waals surface area contributed by atoms with Gasteiger partial charge >= 0.3 is 5.97 Å². The molecule has 11 heteroatoms. The summed E-state index contributed by atoms with van der Waals surface area (Å²) in [6.45, 7) is 4.82. The van der Waals surface area contributed by atoms with E-state index >= 15 is 0 Å². The van der Waals surface area contributed by atoms with Gasteiger partial charge in [0.2, 0.25) is 5.91 Å². The fourth-order valence-electron chi connectivity index (χ4n) is 5.07. The maximum atomic E-state index is 13.4. The molecule has 0 spiro atoms. The SMILES string of the molecule is CCOC(=O)c1c(NC(=O)C2CCCN(S(=O)(=O)c3cccs3)C2)sc2c1CCN(Cc1ccccc1)C2. The second-order valence-electron chi connectivity index (χ2n) is 9.50. The number of esters is 1. The van der Waals surface area contributed by atoms with Crippen LogP contribution in [0.3, 0.4) is 0 Å². The number of benzene rings is 1. The first kappa shape index (κ1) is 27.0. The molecule has 1 aromatic carbocycles. The molecule has 1 fully saturated rings. The van der Waals surface area contributed by atoms with Gasteiger partial charge in [-0.25, -0.2) is 13.2 Å². The van der Waals surface area contributed by atoms with Crippen molar-refractivity contribution < 1.29 is 22.7 Å². The first-order valence-corrected chi connectivity index (χ1v) is 15.9. The molecule has 0 radical (unpaired) electrons. The third kappa shape index (κ3) is 5.72. The molecule has 38 heavy (non-hydrogen) atoms. The summed E-state index contributed by atoms with van der Waals surface area (Å²) in [5.74, 6) is -1.19. The van der Waals surface area contributed by atoms with Gasteiger partial charge in [0, 0.05) is 37.6 Å². The molecule has 2 aromatic heterocycles. The molecule has 3 aromatic rings. The highest BCUT2D eigenvalue weighted by Gasteiger charge is 2.35. The van der Waals surface area contributed by atoms with Gasteiger partial charge in [-0.05, 0) is 48.8 Å². The lowest BCUT2D eigenvalue weighted by Crippen LogP contribution is -2.43. The highest BCUT2D eigenvalue weighted by atomic mass is 32.2. The topological polar surface area (TPSA) is 96.0 Å². The minimum Gasteiger partial charge on any atom is -0.462 e. The van der Waals surface area contributed by atoms with Gasteiger partial charge in [-0.1, -0.05) is 36.4 Å². The first-order chi connectivity index (χ1) is 18.4. The van der Waals surface area contributed by atoms with Crippen LogP contribution in [0.15, 0.2) is 52.1 Å². The zero-order valence-electron chi connectivity index (χ0n) is 21.2. The summed E-state index contributed by atoms with van der Waals surface area (Å²) < 4.78 is 33.1. The van der Waals surface area contributed by atoms with Crippen LogP contribution in [0, 0.1) is 5.92 Å². The summed E-state index contributed by atoms with van der Waals surface area (Å²) >= 11 is 2.60. The number of rotatable bonds is 8. The maximum absolute atomic E-state index is 13.4. The fourth-order valence-corrected chi connectivity index (χ4v) is 9.02. The fraction of sp³-hybridized carbons (Fsp3) is 0.407. The van der Waals surface area contributed by atoms with Crippen molar-refractivity contribution in [1.29, 1.82) is 0 Å². The average Bonchev–Trinajstić information content (AvgIpc) is 3.58. The van der Waals surface area contributed by atoms with Crippen molar-refractivity contribution in [3.8, 4) is 0 Å². The number of thiophene rings is 2. The lowest BCUT2D eigenvalue weighted by atomic mass is 9.98. The van der Waals surface area contributed by atoms with E-state index in [-0.39, 0.29) is 23.3 Å². The molecule has 2 aliphatic rings. The van der Waals surface area contributed by atoms with Crippen molar-refractivity contribution >= 4 is 49.6 Å². The quantitative estimate of drug-likeness (QED) is 0.396. The molecule has 5 rings (SSSR count). The second kappa shape index (κ2) is 11.7. The number of amides is 1. The third-order valence-corrected chi connectivity index (χ3v) is 11.3. The van der Waals surface area contributed by atoms with Crippen LogP contribution in [-0.2, 0) is 39.1 Å². The van der Waals surface area contributed by atoms with Crippen LogP contribution in [0.5, 0.6) is 0 Å². The molecule has 1 N–H and O–H groups in total. The molecule has 4 heterocycles. The zero-order chi connectivity index (χ0) is 26.7. The highest BCUT2D eigenvalue weighted by Crippen LogP contribution is 2.38. The Hall–Kier alpha value is -2.57.